The van der Waals surface area contributed by atoms with Crippen LogP contribution in [0.1, 0.15) is 35.3 Å². The van der Waals surface area contributed by atoms with Gasteiger partial charge in [0.25, 0.3) is 5.91 Å². The Kier molecular flexibility index (Phi) is 10.5. The van der Waals surface area contributed by atoms with Gasteiger partial charge in [-0.3, -0.25) is 4.79 Å². The highest BCUT2D eigenvalue weighted by molar-refractivity contribution is 14.1. The quantitative estimate of drug-likeness (QED) is 0.180. The van der Waals surface area contributed by atoms with Crippen LogP contribution in [-0.2, 0) is 16.1 Å². The average molecular weight is 708 g/mol. The number of esters is 1. The highest BCUT2D eigenvalue weighted by Crippen LogP contribution is 2.41. The van der Waals surface area contributed by atoms with Crippen molar-refractivity contribution in [2.45, 2.75) is 20.5 Å². The number of halogens is 3. The molecule has 0 saturated heterocycles. The van der Waals surface area contributed by atoms with Crippen LogP contribution in [0.4, 0.5) is 4.39 Å². The molecule has 0 atom stereocenters. The smallest absolute Gasteiger partial charge is 0.344 e. The molecular weight excluding hydrogens is 684 g/mol. The number of benzene rings is 3. The van der Waals surface area contributed by atoms with Gasteiger partial charge in [-0.25, -0.2) is 14.2 Å². The van der Waals surface area contributed by atoms with Crippen molar-refractivity contribution in [3.05, 3.63) is 108 Å². The van der Waals surface area contributed by atoms with E-state index < -0.39 is 11.9 Å². The molecule has 1 aliphatic rings. The van der Waals surface area contributed by atoms with Crippen LogP contribution in [0.25, 0.3) is 6.08 Å². The number of aliphatic hydroxyl groups excluding tert-OH is 1. The first-order valence-electron chi connectivity index (χ1n) is 12.4. The monoisotopic (exact) mass is 707 g/mol. The summed E-state index contributed by atoms with van der Waals surface area (Å²) in [6.45, 7) is 4.13. The van der Waals surface area contributed by atoms with Gasteiger partial charge < -0.3 is 19.3 Å². The number of ether oxygens (including phenoxy) is 3. The Bertz CT molecular complexity index is 1570. The first kappa shape index (κ1) is 30.6. The molecule has 0 bridgehead atoms. The fourth-order valence-corrected chi connectivity index (χ4v) is 5.75. The number of hydrogen-bond donors (Lipinski definition) is 1. The van der Waals surface area contributed by atoms with E-state index in [0.29, 0.717) is 23.7 Å². The van der Waals surface area contributed by atoms with Gasteiger partial charge in [0.1, 0.15) is 28.8 Å². The van der Waals surface area contributed by atoms with Crippen LogP contribution in [0.2, 0.25) is 5.02 Å². The molecule has 1 heterocycles. The van der Waals surface area contributed by atoms with Crippen molar-refractivity contribution in [1.29, 1.82) is 0 Å². The summed E-state index contributed by atoms with van der Waals surface area (Å²) in [5.41, 5.74) is 1.39. The molecular formula is C30H24ClFINO6S. The van der Waals surface area contributed by atoms with Crippen molar-refractivity contribution in [3.8, 4) is 11.5 Å². The Balaban J connectivity index is 1.68. The molecule has 4 rings (SSSR count). The maximum Gasteiger partial charge on any atom is 0.344 e. The molecule has 0 radical (unpaired) electrons. The van der Waals surface area contributed by atoms with Gasteiger partial charge in [0.15, 0.2) is 11.5 Å². The number of aliphatic imine (C=N–C) groups is 1. The zero-order valence-corrected chi connectivity index (χ0v) is 25.7. The summed E-state index contributed by atoms with van der Waals surface area (Å²) in [7, 11) is 0. The van der Waals surface area contributed by atoms with Gasteiger partial charge in [-0.2, -0.15) is 0 Å². The molecule has 3 aromatic rings. The van der Waals surface area contributed by atoms with E-state index in [1.165, 1.54) is 18.2 Å². The van der Waals surface area contributed by atoms with Crippen molar-refractivity contribution < 1.29 is 33.3 Å². The third-order valence-corrected chi connectivity index (χ3v) is 7.75. The van der Waals surface area contributed by atoms with E-state index in [1.54, 1.807) is 49.4 Å². The van der Waals surface area contributed by atoms with Gasteiger partial charge in [-0.15, -0.1) is 0 Å². The Hall–Kier alpha value is -3.35. The zero-order chi connectivity index (χ0) is 29.5. The van der Waals surface area contributed by atoms with E-state index >= 15 is 0 Å². The first-order valence-corrected chi connectivity index (χ1v) is 14.7. The molecule has 0 unspecified atom stereocenters. The lowest BCUT2D eigenvalue weighted by Crippen LogP contribution is -2.14. The van der Waals surface area contributed by atoms with Crippen molar-refractivity contribution in [3.63, 3.8) is 0 Å². The number of rotatable bonds is 9. The highest BCUT2D eigenvalue weighted by atomic mass is 127. The van der Waals surface area contributed by atoms with Crippen molar-refractivity contribution in [2.24, 2.45) is 4.99 Å². The van der Waals surface area contributed by atoms with Crippen molar-refractivity contribution in [2.75, 3.05) is 13.2 Å². The molecule has 1 aliphatic heterocycles. The van der Waals surface area contributed by atoms with Gasteiger partial charge in [-0.05, 0) is 90.0 Å². The number of carbonyl (C=O) groups excluding carboxylic acids is 2. The van der Waals surface area contributed by atoms with E-state index in [0.717, 1.165) is 20.9 Å². The number of amides is 1. The molecule has 0 fully saturated rings. The molecule has 0 saturated carbocycles. The van der Waals surface area contributed by atoms with Gasteiger partial charge in [0.05, 0.1) is 32.3 Å². The summed E-state index contributed by atoms with van der Waals surface area (Å²) >= 11 is 9.23. The maximum atomic E-state index is 13.3. The number of nitrogens with zero attached hydrogens (tertiary/aromatic N) is 1. The SMILES string of the molecule is CCOC(=O)C1=C(O)/C(=C/c2cc(I)c(OCc3ccc(F)cc3)c(OCC)c2)SC1=NC(=O)c1ccccc1Cl. The van der Waals surface area contributed by atoms with E-state index in [-0.39, 0.29) is 50.9 Å². The van der Waals surface area contributed by atoms with E-state index in [4.69, 9.17) is 25.8 Å². The van der Waals surface area contributed by atoms with E-state index in [1.807, 2.05) is 13.0 Å². The third kappa shape index (κ3) is 7.49. The summed E-state index contributed by atoms with van der Waals surface area (Å²) < 4.78 is 30.9. The average Bonchev–Trinajstić information content (AvgIpc) is 3.23. The minimum absolute atomic E-state index is 0.00361. The second kappa shape index (κ2) is 14.0. The number of aliphatic hydroxyl groups is 1. The maximum absolute atomic E-state index is 13.3. The van der Waals surface area contributed by atoms with Gasteiger partial charge >= 0.3 is 5.97 Å². The molecule has 212 valence electrons. The lowest BCUT2D eigenvalue weighted by molar-refractivity contribution is -0.138. The predicted octanol–water partition coefficient (Wildman–Crippen LogP) is 7.76. The summed E-state index contributed by atoms with van der Waals surface area (Å²) in [5, 5.41) is 11.2. The van der Waals surface area contributed by atoms with E-state index in [2.05, 4.69) is 27.6 Å². The van der Waals surface area contributed by atoms with Crippen LogP contribution in [0.15, 0.2) is 81.9 Å². The molecule has 1 N–H and O–H groups in total. The minimum atomic E-state index is -0.805. The van der Waals surface area contributed by atoms with Gasteiger partial charge in [0.2, 0.25) is 0 Å². The van der Waals surface area contributed by atoms with E-state index in [9.17, 15) is 19.1 Å². The molecule has 0 aliphatic carbocycles. The second-order valence-electron chi connectivity index (χ2n) is 8.43. The zero-order valence-electron chi connectivity index (χ0n) is 21.9. The molecule has 3 aromatic carbocycles. The molecule has 0 aromatic heterocycles. The molecule has 41 heavy (non-hydrogen) atoms. The highest BCUT2D eigenvalue weighted by Gasteiger charge is 2.34. The van der Waals surface area contributed by atoms with Crippen LogP contribution in [-0.4, -0.2) is 35.2 Å². The lowest BCUT2D eigenvalue weighted by atomic mass is 10.1. The summed E-state index contributed by atoms with van der Waals surface area (Å²) in [6.07, 6.45) is 1.65. The van der Waals surface area contributed by atoms with Crippen LogP contribution in [0.5, 0.6) is 11.5 Å². The fourth-order valence-electron chi connectivity index (χ4n) is 3.74. The van der Waals surface area contributed by atoms with Crippen LogP contribution < -0.4 is 9.47 Å². The minimum Gasteiger partial charge on any atom is -0.506 e. The van der Waals surface area contributed by atoms with Crippen molar-refractivity contribution in [1.82, 2.24) is 0 Å². The third-order valence-electron chi connectivity index (χ3n) is 5.60. The number of hydrogen-bond acceptors (Lipinski definition) is 7. The number of thioether (sulfide) groups is 1. The van der Waals surface area contributed by atoms with Gasteiger partial charge in [-0.1, -0.05) is 47.6 Å². The Morgan fingerprint density at radius 2 is 1.80 bits per heavy atom. The Morgan fingerprint density at radius 1 is 1.07 bits per heavy atom. The molecule has 0 spiro atoms. The standard InChI is InChI=1S/C30H24ClFINO6S/c1-3-38-23-14-18(13-22(33)27(23)40-16-17-9-11-19(32)12-10-17)15-24-26(35)25(30(37)39-4-2)29(41-24)34-28(36)20-7-5-6-8-21(20)31/h5-15,35H,3-4,16H2,1-2H3/b24-15-,34-29?. The van der Waals surface area contributed by atoms with Gasteiger partial charge in [0, 0.05) is 0 Å². The van der Waals surface area contributed by atoms with Crippen LogP contribution in [0, 0.1) is 9.39 Å². The van der Waals surface area contributed by atoms with Crippen LogP contribution in [0.3, 0.4) is 0 Å². The van der Waals surface area contributed by atoms with Crippen LogP contribution >= 0.6 is 46.0 Å². The fraction of sp³-hybridized carbons (Fsp3) is 0.167. The summed E-state index contributed by atoms with van der Waals surface area (Å²) in [6, 6.07) is 16.0. The Labute approximate surface area is 259 Å². The largest absolute Gasteiger partial charge is 0.506 e. The predicted molar refractivity (Wildman–Crippen MR) is 166 cm³/mol. The summed E-state index contributed by atoms with van der Waals surface area (Å²) in [5.74, 6) is -1.18. The number of carbonyl (C=O) groups is 2. The second-order valence-corrected chi connectivity index (χ2v) is 11.0. The lowest BCUT2D eigenvalue weighted by Gasteiger charge is -2.15. The molecule has 1 amide bonds. The molecule has 11 heteroatoms. The normalized spacial score (nSPS) is 15.0. The van der Waals surface area contributed by atoms with Crippen molar-refractivity contribution >= 4 is 68.9 Å². The Morgan fingerprint density at radius 3 is 2.49 bits per heavy atom. The topological polar surface area (TPSA) is 94.4 Å². The first-order chi connectivity index (χ1) is 19.7. The molecule has 7 nitrogen and oxygen atoms in total. The summed E-state index contributed by atoms with van der Waals surface area (Å²) in [4.78, 5) is 30.0.